The number of likely N-dealkylation sites (tertiary alicyclic amines) is 1. The summed E-state index contributed by atoms with van der Waals surface area (Å²) in [7, 11) is 0. The van der Waals surface area contributed by atoms with E-state index in [1.165, 1.54) is 4.90 Å². The van der Waals surface area contributed by atoms with Crippen molar-refractivity contribution in [1.82, 2.24) is 10.2 Å². The molecule has 4 amide bonds. The van der Waals surface area contributed by atoms with Gasteiger partial charge in [0, 0.05) is 17.0 Å². The van der Waals surface area contributed by atoms with Crippen molar-refractivity contribution < 1.29 is 19.1 Å². The predicted molar refractivity (Wildman–Crippen MR) is 135 cm³/mol. The van der Waals surface area contributed by atoms with Crippen molar-refractivity contribution in [3.63, 3.8) is 0 Å². The molecule has 3 aromatic rings. The lowest BCUT2D eigenvalue weighted by atomic mass is 9.88. The van der Waals surface area contributed by atoms with E-state index >= 15 is 0 Å². The van der Waals surface area contributed by atoms with E-state index < -0.39 is 18.1 Å². The zero-order valence-corrected chi connectivity index (χ0v) is 20.3. The maximum atomic E-state index is 13.6. The Morgan fingerprint density at radius 3 is 2.54 bits per heavy atom. The minimum atomic E-state index is -0.831. The summed E-state index contributed by atoms with van der Waals surface area (Å²) in [4.78, 5) is 42.7. The van der Waals surface area contributed by atoms with Gasteiger partial charge in [0.15, 0.2) is 6.61 Å². The number of fused-ring (bicyclic) bond motifs is 1. The molecule has 2 atom stereocenters. The van der Waals surface area contributed by atoms with Crippen LogP contribution in [-0.2, 0) is 9.59 Å². The third-order valence-corrected chi connectivity index (χ3v) is 6.87. The quantitative estimate of drug-likeness (QED) is 0.528. The van der Waals surface area contributed by atoms with E-state index in [0.717, 1.165) is 10.8 Å². The van der Waals surface area contributed by atoms with Crippen LogP contribution in [0.25, 0.3) is 10.8 Å². The largest absolute Gasteiger partial charge is 0.484 e. The van der Waals surface area contributed by atoms with Crippen molar-refractivity contribution in [3.05, 3.63) is 71.8 Å². The maximum absolute atomic E-state index is 13.6. The first kappa shape index (κ1) is 23.2. The fourth-order valence-electron chi connectivity index (χ4n) is 5.04. The molecular weight excluding hydrogens is 466 g/mol. The lowest BCUT2D eigenvalue weighted by Gasteiger charge is -2.28. The lowest BCUT2D eigenvalue weighted by Crippen LogP contribution is -2.51. The molecule has 2 fully saturated rings. The van der Waals surface area contributed by atoms with E-state index in [0.29, 0.717) is 29.4 Å². The van der Waals surface area contributed by atoms with Gasteiger partial charge in [-0.2, -0.15) is 0 Å². The van der Waals surface area contributed by atoms with Gasteiger partial charge in [0.2, 0.25) is 0 Å². The first-order chi connectivity index (χ1) is 16.7. The van der Waals surface area contributed by atoms with E-state index in [2.05, 4.69) is 19.2 Å². The summed E-state index contributed by atoms with van der Waals surface area (Å²) in [5.41, 5.74) is 0.327. The average Bonchev–Trinajstić information content (AvgIpc) is 3.32. The first-order valence-electron chi connectivity index (χ1n) is 11.5. The number of rotatable bonds is 5. The number of anilines is 1. The van der Waals surface area contributed by atoms with Crippen molar-refractivity contribution >= 4 is 45.9 Å². The summed E-state index contributed by atoms with van der Waals surface area (Å²) in [6.45, 7) is 4.40. The van der Waals surface area contributed by atoms with Crippen LogP contribution in [0.1, 0.15) is 20.3 Å². The summed E-state index contributed by atoms with van der Waals surface area (Å²) >= 11 is 5.91. The molecule has 2 aliphatic heterocycles. The number of imide groups is 1. The highest BCUT2D eigenvalue weighted by atomic mass is 35.5. The molecule has 2 saturated heterocycles. The molecule has 2 aliphatic rings. The summed E-state index contributed by atoms with van der Waals surface area (Å²) in [6, 6.07) is 18.2. The second-order valence-corrected chi connectivity index (χ2v) is 10.2. The van der Waals surface area contributed by atoms with Crippen molar-refractivity contribution in [2.75, 3.05) is 18.1 Å². The van der Waals surface area contributed by atoms with Crippen LogP contribution >= 0.6 is 11.6 Å². The highest BCUT2D eigenvalue weighted by Crippen LogP contribution is 2.38. The number of carbonyl (C=O) groups is 3. The Morgan fingerprint density at radius 2 is 1.77 bits per heavy atom. The minimum Gasteiger partial charge on any atom is -0.484 e. The van der Waals surface area contributed by atoms with Crippen molar-refractivity contribution in [2.24, 2.45) is 5.41 Å². The molecule has 35 heavy (non-hydrogen) atoms. The van der Waals surface area contributed by atoms with Crippen molar-refractivity contribution in [3.8, 4) is 5.75 Å². The van der Waals surface area contributed by atoms with Gasteiger partial charge in [0.1, 0.15) is 11.8 Å². The zero-order valence-electron chi connectivity index (χ0n) is 19.5. The Kier molecular flexibility index (Phi) is 5.89. The summed E-state index contributed by atoms with van der Waals surface area (Å²) < 4.78 is 5.67. The number of nitrogens with zero attached hydrogens (tertiary/aromatic N) is 2. The Labute approximate surface area is 208 Å². The number of hydrogen-bond donors (Lipinski definition) is 1. The highest BCUT2D eigenvalue weighted by molar-refractivity contribution is 6.30. The number of carbonyl (C=O) groups excluding carboxylic acids is 3. The highest BCUT2D eigenvalue weighted by Gasteiger charge is 2.51. The lowest BCUT2D eigenvalue weighted by molar-refractivity contribution is -0.135. The van der Waals surface area contributed by atoms with Gasteiger partial charge in [-0.05, 0) is 47.6 Å². The van der Waals surface area contributed by atoms with Gasteiger partial charge in [-0.3, -0.25) is 9.59 Å². The molecule has 0 aromatic heterocycles. The normalized spacial score (nSPS) is 21.5. The summed E-state index contributed by atoms with van der Waals surface area (Å²) in [5.74, 6) is -0.0585. The fraction of sp³-hybridized carbons (Fsp3) is 0.296. The van der Waals surface area contributed by atoms with E-state index in [4.69, 9.17) is 16.3 Å². The number of urea groups is 1. The number of benzene rings is 3. The van der Waals surface area contributed by atoms with E-state index in [1.807, 2.05) is 36.4 Å². The van der Waals surface area contributed by atoms with Crippen LogP contribution in [0.2, 0.25) is 5.02 Å². The van der Waals surface area contributed by atoms with Gasteiger partial charge in [-0.15, -0.1) is 0 Å². The molecule has 2 heterocycles. The van der Waals surface area contributed by atoms with E-state index in [9.17, 15) is 14.4 Å². The monoisotopic (exact) mass is 491 g/mol. The molecule has 0 aliphatic carbocycles. The van der Waals surface area contributed by atoms with Crippen molar-refractivity contribution in [1.29, 1.82) is 0 Å². The van der Waals surface area contributed by atoms with Gasteiger partial charge in [-0.1, -0.05) is 61.8 Å². The number of hydrogen-bond acceptors (Lipinski definition) is 4. The van der Waals surface area contributed by atoms with Crippen LogP contribution in [0.5, 0.6) is 5.75 Å². The topological polar surface area (TPSA) is 79.0 Å². The number of ether oxygens (including phenoxy) is 1. The fourth-order valence-corrected chi connectivity index (χ4v) is 5.17. The van der Waals surface area contributed by atoms with Crippen LogP contribution in [0.3, 0.4) is 0 Å². The molecule has 8 heteroatoms. The number of amides is 4. The second kappa shape index (κ2) is 8.89. The Morgan fingerprint density at radius 1 is 1.06 bits per heavy atom. The molecule has 5 rings (SSSR count). The summed E-state index contributed by atoms with van der Waals surface area (Å²) in [6.07, 6.45) is 0.583. The van der Waals surface area contributed by atoms with Gasteiger partial charge < -0.3 is 15.0 Å². The number of nitrogens with one attached hydrogen (secondary N) is 1. The SMILES string of the molecule is CC1(C)CC([C@@H]2NC(=O)N(c3cccc4ccccc34)C2=O)N(C(=O)COc2ccc(Cl)cc2)C1. The van der Waals surface area contributed by atoms with Gasteiger partial charge in [0.05, 0.1) is 11.7 Å². The molecule has 180 valence electrons. The Hall–Kier alpha value is -3.58. The Balaban J connectivity index is 1.38. The Bertz CT molecular complexity index is 1300. The van der Waals surface area contributed by atoms with E-state index in [-0.39, 0.29) is 23.8 Å². The average molecular weight is 492 g/mol. The van der Waals surface area contributed by atoms with Gasteiger partial charge in [-0.25, -0.2) is 9.69 Å². The third-order valence-electron chi connectivity index (χ3n) is 6.62. The minimum absolute atomic E-state index is 0.171. The maximum Gasteiger partial charge on any atom is 0.329 e. The molecule has 0 saturated carbocycles. The predicted octanol–water partition coefficient (Wildman–Crippen LogP) is 4.62. The third kappa shape index (κ3) is 4.44. The molecule has 1 N–H and O–H groups in total. The number of halogens is 1. The van der Waals surface area contributed by atoms with Gasteiger partial charge >= 0.3 is 6.03 Å². The van der Waals surface area contributed by atoms with Gasteiger partial charge in [0.25, 0.3) is 11.8 Å². The molecular formula is C27H26ClN3O4. The molecule has 1 unspecified atom stereocenters. The molecule has 0 spiro atoms. The van der Waals surface area contributed by atoms with Crippen LogP contribution in [0, 0.1) is 5.41 Å². The summed E-state index contributed by atoms with van der Waals surface area (Å²) in [5, 5.41) is 5.18. The van der Waals surface area contributed by atoms with Crippen LogP contribution < -0.4 is 15.0 Å². The molecule has 0 radical (unpaired) electrons. The smallest absolute Gasteiger partial charge is 0.329 e. The van der Waals surface area contributed by atoms with Crippen LogP contribution in [0.15, 0.2) is 66.7 Å². The van der Waals surface area contributed by atoms with E-state index in [1.54, 1.807) is 35.2 Å². The zero-order chi connectivity index (χ0) is 24.7. The van der Waals surface area contributed by atoms with Crippen molar-refractivity contribution in [2.45, 2.75) is 32.4 Å². The molecule has 3 aromatic carbocycles. The first-order valence-corrected chi connectivity index (χ1v) is 11.9. The van der Waals surface area contributed by atoms with Crippen LogP contribution in [0.4, 0.5) is 10.5 Å². The van der Waals surface area contributed by atoms with Crippen LogP contribution in [-0.4, -0.2) is 48.0 Å². The standard InChI is InChI=1S/C27H26ClN3O4/c1-27(2)14-22(30(16-27)23(32)15-35-19-12-10-18(28)11-13-19)24-25(33)31(26(34)29-24)21-9-5-7-17-6-3-4-8-20(17)21/h3-13,22,24H,14-16H2,1-2H3,(H,29,34)/t22?,24-/m0/s1. The second-order valence-electron chi connectivity index (χ2n) is 9.80. The molecule has 7 nitrogen and oxygen atoms in total. The molecule has 0 bridgehead atoms.